The van der Waals surface area contributed by atoms with E-state index in [2.05, 4.69) is 4.94 Å². The third kappa shape index (κ3) is 5.57. The Morgan fingerprint density at radius 1 is 0.656 bits per heavy atom. The van der Waals surface area contributed by atoms with Crippen molar-refractivity contribution in [3.63, 3.8) is 0 Å². The molecule has 0 radical (unpaired) electrons. The van der Waals surface area contributed by atoms with E-state index in [1.165, 1.54) is 21.3 Å². The van der Waals surface area contributed by atoms with E-state index >= 15 is 0 Å². The summed E-state index contributed by atoms with van der Waals surface area (Å²) in [4.78, 5) is 3.14. The molecule has 0 bridgehead atoms. The van der Waals surface area contributed by atoms with Crippen molar-refractivity contribution in [1.82, 2.24) is 0 Å². The topological polar surface area (TPSA) is 36.9 Å². The van der Waals surface area contributed by atoms with E-state index in [4.69, 9.17) is 14.2 Å². The second-order valence-corrected chi connectivity index (χ2v) is 6.11. The maximum absolute atomic E-state index is 13.8. The number of hydrogen-bond acceptors (Lipinski definition) is 4. The van der Waals surface area contributed by atoms with Gasteiger partial charge in [-0.25, -0.2) is 22.0 Å². The summed E-state index contributed by atoms with van der Waals surface area (Å²) >= 11 is 0. The third-order valence-electron chi connectivity index (χ3n) is 4.26. The van der Waals surface area contributed by atoms with Crippen LogP contribution in [0.4, 0.5) is 26.5 Å². The second-order valence-electron chi connectivity index (χ2n) is 6.11. The van der Waals surface area contributed by atoms with Gasteiger partial charge in [-0.15, -0.1) is 0 Å². The van der Waals surface area contributed by atoms with Crippen LogP contribution in [0.15, 0.2) is 42.5 Å². The summed E-state index contributed by atoms with van der Waals surface area (Å²) < 4.78 is 91.4. The van der Waals surface area contributed by atoms with Crippen LogP contribution in [0, 0.1) is 23.3 Å². The van der Waals surface area contributed by atoms with E-state index in [1.54, 1.807) is 12.1 Å². The molecule has 0 aliphatic rings. The van der Waals surface area contributed by atoms with Crippen LogP contribution < -0.4 is 19.2 Å². The van der Waals surface area contributed by atoms with E-state index < -0.39 is 35.5 Å². The number of hydrogen-bond donors (Lipinski definition) is 0. The molecule has 4 nitrogen and oxygen atoms in total. The van der Waals surface area contributed by atoms with Gasteiger partial charge in [0.25, 0.3) is 0 Å². The highest BCUT2D eigenvalue weighted by Crippen LogP contribution is 2.42. The first-order valence-electron chi connectivity index (χ1n) is 8.87. The molecular weight excluding hydrogens is 442 g/mol. The van der Waals surface area contributed by atoms with Crippen molar-refractivity contribution in [3.05, 3.63) is 71.3 Å². The molecule has 0 unspecified atom stereocenters. The molecule has 0 heterocycles. The first-order valence-corrected chi connectivity index (χ1v) is 8.87. The molecule has 0 spiro atoms. The van der Waals surface area contributed by atoms with Crippen molar-refractivity contribution in [1.29, 1.82) is 0 Å². The highest BCUT2D eigenvalue weighted by molar-refractivity contribution is 5.78. The number of methoxy groups -OCH3 is 3. The van der Waals surface area contributed by atoms with Gasteiger partial charge in [0.2, 0.25) is 0 Å². The van der Waals surface area contributed by atoms with Crippen molar-refractivity contribution >= 4 is 0 Å². The van der Waals surface area contributed by atoms with Crippen molar-refractivity contribution < 1.29 is 45.6 Å². The van der Waals surface area contributed by atoms with Crippen molar-refractivity contribution in [2.24, 2.45) is 0 Å². The van der Waals surface area contributed by atoms with Crippen LogP contribution in [0.2, 0.25) is 0 Å². The van der Waals surface area contributed by atoms with Gasteiger partial charge in [0, 0.05) is 22.7 Å². The Labute approximate surface area is 179 Å². The molecule has 3 rings (SSSR count). The molecule has 3 aromatic carbocycles. The van der Waals surface area contributed by atoms with E-state index in [-0.39, 0.29) is 11.3 Å². The summed E-state index contributed by atoms with van der Waals surface area (Å²) in [6, 6.07) is 7.61. The second kappa shape index (κ2) is 11.2. The standard InChI is InChI=1S/C16H15F3O3.C6H3F3O/c1-20-10-6-14(21-2)16(15(7-10)22-3)9-4-12(18)11(8-17)13(19)5-9;7-5-2-1-4(10-9)3-6(5)8/h4-7H,8H2,1-3H3;1-3H. The molecular formula is C22H18F6O4. The fourth-order valence-electron chi connectivity index (χ4n) is 2.69. The maximum atomic E-state index is 13.8. The van der Waals surface area contributed by atoms with Crippen LogP contribution in [-0.4, -0.2) is 21.3 Å². The van der Waals surface area contributed by atoms with E-state index in [0.717, 1.165) is 24.3 Å². The minimum atomic E-state index is -1.21. The van der Waals surface area contributed by atoms with Crippen LogP contribution in [0.25, 0.3) is 11.1 Å². The normalized spacial score (nSPS) is 10.2. The molecule has 0 atom stereocenters. The SMILES string of the molecule is COc1cc(OC)c(-c2cc(F)c(CF)c(F)c2)c(OC)c1.FOc1ccc(F)c(F)c1. The highest BCUT2D eigenvalue weighted by atomic mass is 19.3. The van der Waals surface area contributed by atoms with Crippen molar-refractivity contribution in [2.45, 2.75) is 6.67 Å². The Bertz CT molecular complexity index is 1030. The van der Waals surface area contributed by atoms with Gasteiger partial charge in [-0.1, -0.05) is 0 Å². The molecule has 0 saturated heterocycles. The molecule has 0 aliphatic carbocycles. The lowest BCUT2D eigenvalue weighted by molar-refractivity contribution is -0.00667. The quantitative estimate of drug-likeness (QED) is 0.402. The fourth-order valence-corrected chi connectivity index (χ4v) is 2.69. The smallest absolute Gasteiger partial charge is 0.175 e. The predicted molar refractivity (Wildman–Crippen MR) is 104 cm³/mol. The summed E-state index contributed by atoms with van der Waals surface area (Å²) in [7, 11) is 4.31. The number of benzene rings is 3. The Balaban J connectivity index is 0.000000303. The molecule has 3 aromatic rings. The summed E-state index contributed by atoms with van der Waals surface area (Å²) in [5.41, 5.74) is -0.0623. The van der Waals surface area contributed by atoms with Crippen LogP contribution in [-0.2, 0) is 6.67 Å². The zero-order valence-corrected chi connectivity index (χ0v) is 17.1. The third-order valence-corrected chi connectivity index (χ3v) is 4.26. The summed E-state index contributed by atoms with van der Waals surface area (Å²) in [6.07, 6.45) is 0. The van der Waals surface area contributed by atoms with Crippen molar-refractivity contribution in [2.75, 3.05) is 21.3 Å². The Kier molecular flexibility index (Phi) is 8.62. The molecule has 0 N–H and O–H groups in total. The van der Waals surface area contributed by atoms with Crippen LogP contribution in [0.1, 0.15) is 5.56 Å². The summed E-state index contributed by atoms with van der Waals surface area (Å²) in [6.45, 7) is -1.21. The Hall–Kier alpha value is -3.56. The van der Waals surface area contributed by atoms with Gasteiger partial charge >= 0.3 is 0 Å². The van der Waals surface area contributed by atoms with Gasteiger partial charge in [0.1, 0.15) is 35.6 Å². The minimum Gasteiger partial charge on any atom is -0.496 e. The van der Waals surface area contributed by atoms with Gasteiger partial charge < -0.3 is 14.2 Å². The van der Waals surface area contributed by atoms with Gasteiger partial charge in [-0.05, 0) is 29.8 Å². The zero-order chi connectivity index (χ0) is 23.8. The van der Waals surface area contributed by atoms with Crippen LogP contribution in [0.5, 0.6) is 23.0 Å². The van der Waals surface area contributed by atoms with E-state index in [0.29, 0.717) is 28.9 Å². The molecule has 172 valence electrons. The Morgan fingerprint density at radius 3 is 1.62 bits per heavy atom. The summed E-state index contributed by atoms with van der Waals surface area (Å²) in [5.74, 6) is -3.31. The number of ether oxygens (including phenoxy) is 3. The highest BCUT2D eigenvalue weighted by Gasteiger charge is 2.19. The lowest BCUT2D eigenvalue weighted by Crippen LogP contribution is -1.98. The van der Waals surface area contributed by atoms with Crippen molar-refractivity contribution in [3.8, 4) is 34.1 Å². The first-order chi connectivity index (χ1) is 15.3. The fraction of sp³-hybridized carbons (Fsp3) is 0.182. The number of rotatable bonds is 6. The van der Waals surface area contributed by atoms with Gasteiger partial charge in [-0.3, -0.25) is 4.94 Å². The monoisotopic (exact) mass is 460 g/mol. The average molecular weight is 460 g/mol. The van der Waals surface area contributed by atoms with Crippen LogP contribution >= 0.6 is 0 Å². The summed E-state index contributed by atoms with van der Waals surface area (Å²) in [5, 5.41) is 0. The van der Waals surface area contributed by atoms with Gasteiger partial charge in [0.05, 0.1) is 32.5 Å². The molecule has 0 aromatic heterocycles. The maximum Gasteiger partial charge on any atom is 0.175 e. The van der Waals surface area contributed by atoms with Gasteiger partial charge in [0.15, 0.2) is 17.4 Å². The average Bonchev–Trinajstić information content (AvgIpc) is 2.80. The molecule has 10 heteroatoms. The first kappa shape index (κ1) is 24.7. The molecule has 0 saturated carbocycles. The number of alkyl halides is 1. The molecule has 0 aliphatic heterocycles. The lowest BCUT2D eigenvalue weighted by Gasteiger charge is -2.16. The lowest BCUT2D eigenvalue weighted by atomic mass is 10.0. The van der Waals surface area contributed by atoms with E-state index in [9.17, 15) is 26.5 Å². The van der Waals surface area contributed by atoms with Crippen LogP contribution in [0.3, 0.4) is 0 Å². The Morgan fingerprint density at radius 2 is 1.22 bits per heavy atom. The zero-order valence-electron chi connectivity index (χ0n) is 17.1. The minimum absolute atomic E-state index is 0.184. The van der Waals surface area contributed by atoms with Gasteiger partial charge in [-0.2, -0.15) is 0 Å². The molecule has 32 heavy (non-hydrogen) atoms. The predicted octanol–water partition coefficient (Wildman–Crippen LogP) is 6.36. The largest absolute Gasteiger partial charge is 0.496 e. The molecule has 0 amide bonds. The number of halogens is 6. The van der Waals surface area contributed by atoms with E-state index in [1.807, 2.05) is 0 Å². The molecule has 0 fully saturated rings.